The van der Waals surface area contributed by atoms with E-state index in [-0.39, 0.29) is 59.1 Å². The third kappa shape index (κ3) is 6.47. The largest absolute Gasteiger partial charge is 0.497 e. The van der Waals surface area contributed by atoms with E-state index in [1.165, 1.54) is 54.1 Å². The quantitative estimate of drug-likeness (QED) is 0.387. The minimum absolute atomic E-state index is 0.0586. The van der Waals surface area contributed by atoms with Crippen molar-refractivity contribution in [1.82, 2.24) is 19.2 Å². The topological polar surface area (TPSA) is 151 Å². The number of sulfonamides is 1. The van der Waals surface area contributed by atoms with E-state index in [4.69, 9.17) is 9.47 Å². The van der Waals surface area contributed by atoms with Crippen molar-refractivity contribution in [2.75, 3.05) is 39.2 Å². The van der Waals surface area contributed by atoms with Gasteiger partial charge in [0.2, 0.25) is 10.0 Å². The number of anilines is 1. The Balaban J connectivity index is 1.71. The van der Waals surface area contributed by atoms with Gasteiger partial charge < -0.3 is 24.8 Å². The Morgan fingerprint density at radius 2 is 1.98 bits per heavy atom. The lowest BCUT2D eigenvalue weighted by Crippen LogP contribution is -2.50. The summed E-state index contributed by atoms with van der Waals surface area (Å²) in [6.45, 7) is 3.44. The van der Waals surface area contributed by atoms with Crippen LogP contribution >= 0.6 is 0 Å². The average Bonchev–Trinajstić information content (AvgIpc) is 2.99. The van der Waals surface area contributed by atoms with Crippen molar-refractivity contribution in [3.63, 3.8) is 0 Å². The Hall–Kier alpha value is -4.07. The van der Waals surface area contributed by atoms with Crippen molar-refractivity contribution in [3.05, 3.63) is 72.3 Å². The first kappa shape index (κ1) is 29.9. The van der Waals surface area contributed by atoms with Gasteiger partial charge in [-0.25, -0.2) is 13.4 Å². The number of methoxy groups -OCH3 is 1. The molecule has 0 unspecified atom stereocenters. The first-order valence-electron chi connectivity index (χ1n) is 13.0. The van der Waals surface area contributed by atoms with Gasteiger partial charge in [-0.2, -0.15) is 4.31 Å². The summed E-state index contributed by atoms with van der Waals surface area (Å²) < 4.78 is 39.6. The van der Waals surface area contributed by atoms with Gasteiger partial charge in [0.25, 0.3) is 11.8 Å². The molecule has 2 heterocycles. The predicted molar refractivity (Wildman–Crippen MR) is 150 cm³/mol. The molecule has 12 nitrogen and oxygen atoms in total. The molecule has 2 aromatic carbocycles. The van der Waals surface area contributed by atoms with Crippen LogP contribution in [-0.2, 0) is 10.0 Å². The van der Waals surface area contributed by atoms with Crippen LogP contribution in [0.3, 0.4) is 0 Å². The fourth-order valence-electron chi connectivity index (χ4n) is 4.44. The van der Waals surface area contributed by atoms with E-state index in [2.05, 4.69) is 15.3 Å². The van der Waals surface area contributed by atoms with E-state index < -0.39 is 28.1 Å². The second kappa shape index (κ2) is 12.6. The SMILES string of the molecule is COc1ccc(S(=O)(=O)N(C)C[C@H]2Oc3c(NC(=O)c4cnccn4)cccc3C(=O)N([C@H](C)CO)C[C@@H]2C)cc1. The maximum atomic E-state index is 13.7. The van der Waals surface area contributed by atoms with Gasteiger partial charge in [0.05, 0.1) is 48.6 Å². The van der Waals surface area contributed by atoms with Gasteiger partial charge in [-0.15, -0.1) is 0 Å². The van der Waals surface area contributed by atoms with E-state index in [0.29, 0.717) is 5.75 Å². The Bertz CT molecular complexity index is 1490. The standard InChI is InChI=1S/C28H33N5O7S/c1-18-15-33(19(2)17-34)28(36)22-6-5-7-23(31-27(35)24-14-29-12-13-30-24)26(22)40-25(18)16-32(3)41(37,38)21-10-8-20(39-4)9-11-21/h5-14,18-19,25,34H,15-17H2,1-4H3,(H,31,35)/t18-,19+,25+/m0/s1. The van der Waals surface area contributed by atoms with Crippen molar-refractivity contribution in [1.29, 1.82) is 0 Å². The third-order valence-electron chi connectivity index (χ3n) is 6.94. The molecule has 1 aliphatic heterocycles. The van der Waals surface area contributed by atoms with E-state index in [9.17, 15) is 23.1 Å². The fourth-order valence-corrected chi connectivity index (χ4v) is 5.62. The number of carbonyl (C=O) groups is 2. The van der Waals surface area contributed by atoms with E-state index in [0.717, 1.165) is 0 Å². The van der Waals surface area contributed by atoms with Gasteiger partial charge in [0, 0.05) is 31.9 Å². The molecule has 1 aliphatic rings. The van der Waals surface area contributed by atoms with Crippen LogP contribution in [0.2, 0.25) is 0 Å². The van der Waals surface area contributed by atoms with Crippen molar-refractivity contribution in [2.24, 2.45) is 5.92 Å². The normalized spacial score (nSPS) is 18.1. The van der Waals surface area contributed by atoms with Crippen LogP contribution in [0.1, 0.15) is 34.7 Å². The number of carbonyl (C=O) groups excluding carboxylic acids is 2. The van der Waals surface area contributed by atoms with Gasteiger partial charge in [-0.1, -0.05) is 13.0 Å². The lowest BCUT2D eigenvalue weighted by molar-refractivity contribution is 0.0388. The number of hydrogen-bond donors (Lipinski definition) is 2. The molecule has 0 bridgehead atoms. The molecule has 0 spiro atoms. The molecule has 2 amide bonds. The summed E-state index contributed by atoms with van der Waals surface area (Å²) in [7, 11) is -0.952. The minimum Gasteiger partial charge on any atom is -0.497 e. The number of para-hydroxylation sites is 1. The fraction of sp³-hybridized carbons (Fsp3) is 0.357. The summed E-state index contributed by atoms with van der Waals surface area (Å²) in [5.74, 6) is -0.690. The molecule has 0 saturated heterocycles. The number of benzene rings is 2. The highest BCUT2D eigenvalue weighted by atomic mass is 32.2. The molecule has 3 atom stereocenters. The van der Waals surface area contributed by atoms with Crippen LogP contribution in [0, 0.1) is 5.92 Å². The number of aliphatic hydroxyl groups excluding tert-OH is 1. The van der Waals surface area contributed by atoms with Crippen LogP contribution in [0.15, 0.2) is 66.0 Å². The van der Waals surface area contributed by atoms with Crippen LogP contribution in [-0.4, -0.2) is 90.5 Å². The number of amides is 2. The van der Waals surface area contributed by atoms with Gasteiger partial charge in [-0.05, 0) is 43.3 Å². The molecule has 218 valence electrons. The summed E-state index contributed by atoms with van der Waals surface area (Å²) >= 11 is 0. The van der Waals surface area contributed by atoms with E-state index in [1.807, 2.05) is 6.92 Å². The number of rotatable bonds is 9. The highest BCUT2D eigenvalue weighted by molar-refractivity contribution is 7.89. The number of aromatic nitrogens is 2. The van der Waals surface area contributed by atoms with Crippen molar-refractivity contribution in [2.45, 2.75) is 30.9 Å². The minimum atomic E-state index is -3.90. The van der Waals surface area contributed by atoms with Gasteiger partial charge in [0.15, 0.2) is 5.75 Å². The Labute approximate surface area is 239 Å². The molecule has 2 N–H and O–H groups in total. The zero-order valence-corrected chi connectivity index (χ0v) is 24.0. The van der Waals surface area contributed by atoms with E-state index >= 15 is 0 Å². The molecule has 41 heavy (non-hydrogen) atoms. The van der Waals surface area contributed by atoms with Crippen molar-refractivity contribution in [3.8, 4) is 11.5 Å². The molecule has 1 aromatic heterocycles. The third-order valence-corrected chi connectivity index (χ3v) is 8.78. The Morgan fingerprint density at radius 3 is 2.61 bits per heavy atom. The Kier molecular flexibility index (Phi) is 9.21. The zero-order valence-electron chi connectivity index (χ0n) is 23.2. The highest BCUT2D eigenvalue weighted by Crippen LogP contribution is 2.35. The number of nitrogens with one attached hydrogen (secondary N) is 1. The monoisotopic (exact) mass is 583 g/mol. The highest BCUT2D eigenvalue weighted by Gasteiger charge is 2.36. The summed E-state index contributed by atoms with van der Waals surface area (Å²) in [6.07, 6.45) is 3.40. The second-order valence-corrected chi connectivity index (χ2v) is 11.9. The number of hydrogen-bond acceptors (Lipinski definition) is 9. The van der Waals surface area contributed by atoms with Crippen molar-refractivity contribution < 1.29 is 32.6 Å². The number of ether oxygens (including phenoxy) is 2. The molecule has 3 aromatic rings. The molecule has 0 aliphatic carbocycles. The van der Waals surface area contributed by atoms with Crippen LogP contribution < -0.4 is 14.8 Å². The van der Waals surface area contributed by atoms with Crippen LogP contribution in [0.25, 0.3) is 0 Å². The number of fused-ring (bicyclic) bond motifs is 1. The zero-order chi connectivity index (χ0) is 29.7. The molecule has 0 fully saturated rings. The first-order chi connectivity index (χ1) is 19.6. The van der Waals surface area contributed by atoms with Gasteiger partial charge >= 0.3 is 0 Å². The van der Waals surface area contributed by atoms with Crippen LogP contribution in [0.4, 0.5) is 5.69 Å². The smallest absolute Gasteiger partial charge is 0.275 e. The lowest BCUT2D eigenvalue weighted by Gasteiger charge is -2.38. The summed E-state index contributed by atoms with van der Waals surface area (Å²) in [6, 6.07) is 10.3. The van der Waals surface area contributed by atoms with E-state index in [1.54, 1.807) is 37.3 Å². The number of likely N-dealkylation sites (N-methyl/N-ethyl adjacent to an activating group) is 1. The van der Waals surface area contributed by atoms with Gasteiger partial charge in [0.1, 0.15) is 17.5 Å². The molecule has 0 saturated carbocycles. The first-order valence-corrected chi connectivity index (χ1v) is 14.4. The van der Waals surface area contributed by atoms with Crippen LogP contribution in [0.5, 0.6) is 11.5 Å². The average molecular weight is 584 g/mol. The predicted octanol–water partition coefficient (Wildman–Crippen LogP) is 2.28. The maximum absolute atomic E-state index is 13.7. The summed E-state index contributed by atoms with van der Waals surface area (Å²) in [4.78, 5) is 36.1. The molecular formula is C28H33N5O7S. The second-order valence-electron chi connectivity index (χ2n) is 9.81. The summed E-state index contributed by atoms with van der Waals surface area (Å²) in [5.41, 5.74) is 0.440. The Morgan fingerprint density at radius 1 is 1.24 bits per heavy atom. The number of nitrogens with zero attached hydrogens (tertiary/aromatic N) is 4. The summed E-state index contributed by atoms with van der Waals surface area (Å²) in [5, 5.41) is 12.6. The molecule has 13 heteroatoms. The number of aliphatic hydroxyl groups is 1. The maximum Gasteiger partial charge on any atom is 0.275 e. The molecule has 4 rings (SSSR count). The molecule has 0 radical (unpaired) electrons. The van der Waals surface area contributed by atoms with Gasteiger partial charge in [-0.3, -0.25) is 14.6 Å². The van der Waals surface area contributed by atoms with Crippen molar-refractivity contribution >= 4 is 27.5 Å². The molecular weight excluding hydrogens is 550 g/mol. The lowest BCUT2D eigenvalue weighted by atomic mass is 9.99.